The second-order valence-corrected chi connectivity index (χ2v) is 11.6. The normalized spacial score (nSPS) is 29.1. The standard InChI is InChI=1S/C28H37N5O8/c1-6-7-30-11-17(34)31-15-10-16(32(2)3)13-8-12-9-14-21(33(4)5)24(37)20(27(29)40)26(39)28(14,41)25(38)18(12)23(36)19(13)22(15)35/h10,12,14,18,20-21,30,35,41H,6-9,11H2,1-5H3,(H2,29,40)(H,31,34)/t12?,14?,18?,20?,21-,28-/m0/s1. The highest BCUT2D eigenvalue weighted by Gasteiger charge is 2.69. The first kappa shape index (κ1) is 30.3. The summed E-state index contributed by atoms with van der Waals surface area (Å²) in [6, 6.07) is 0.381. The van der Waals surface area contributed by atoms with Crippen molar-refractivity contribution >= 4 is 46.3 Å². The molecule has 6 atom stereocenters. The van der Waals surface area contributed by atoms with Crippen LogP contribution < -0.4 is 21.3 Å². The molecule has 13 heteroatoms. The number of aliphatic hydroxyl groups is 1. The predicted molar refractivity (Wildman–Crippen MR) is 147 cm³/mol. The number of benzene rings is 1. The molecule has 2 saturated carbocycles. The number of carbonyl (C=O) groups is 6. The Morgan fingerprint density at radius 2 is 1.78 bits per heavy atom. The molecule has 0 spiro atoms. The number of anilines is 2. The van der Waals surface area contributed by atoms with Crippen molar-refractivity contribution in [3.05, 3.63) is 17.2 Å². The topological polar surface area (TPSA) is 199 Å². The predicted octanol–water partition coefficient (Wildman–Crippen LogP) is -1.13. The molecule has 3 aliphatic carbocycles. The number of primary amides is 1. The van der Waals surface area contributed by atoms with E-state index in [9.17, 15) is 39.0 Å². The lowest BCUT2D eigenvalue weighted by Crippen LogP contribution is -2.74. The molecule has 2 fully saturated rings. The van der Waals surface area contributed by atoms with Gasteiger partial charge in [-0.3, -0.25) is 33.7 Å². The van der Waals surface area contributed by atoms with Crippen LogP contribution in [0.15, 0.2) is 6.07 Å². The molecule has 3 aliphatic rings. The molecule has 2 amide bonds. The van der Waals surface area contributed by atoms with Crippen molar-refractivity contribution in [1.29, 1.82) is 0 Å². The van der Waals surface area contributed by atoms with Gasteiger partial charge in [-0.05, 0) is 57.5 Å². The van der Waals surface area contributed by atoms with E-state index in [-0.39, 0.29) is 30.6 Å². The van der Waals surface area contributed by atoms with Crippen LogP contribution in [0.1, 0.15) is 35.7 Å². The number of nitrogens with two attached hydrogens (primary N) is 1. The van der Waals surface area contributed by atoms with Gasteiger partial charge in [0.25, 0.3) is 0 Å². The number of hydrogen-bond donors (Lipinski definition) is 5. The van der Waals surface area contributed by atoms with Gasteiger partial charge in [-0.15, -0.1) is 0 Å². The summed E-state index contributed by atoms with van der Waals surface area (Å²) in [5.74, 6) is -11.8. The molecule has 0 aliphatic heterocycles. The van der Waals surface area contributed by atoms with Gasteiger partial charge in [-0.25, -0.2) is 0 Å². The van der Waals surface area contributed by atoms with Crippen LogP contribution in [0.4, 0.5) is 11.4 Å². The Morgan fingerprint density at radius 3 is 2.34 bits per heavy atom. The summed E-state index contributed by atoms with van der Waals surface area (Å²) in [5, 5.41) is 28.5. The van der Waals surface area contributed by atoms with Crippen molar-refractivity contribution in [1.82, 2.24) is 10.2 Å². The van der Waals surface area contributed by atoms with Crippen LogP contribution in [-0.2, 0) is 30.4 Å². The first-order chi connectivity index (χ1) is 19.2. The first-order valence-corrected chi connectivity index (χ1v) is 13.6. The Labute approximate surface area is 237 Å². The lowest BCUT2D eigenvalue weighted by atomic mass is 9.52. The molecule has 6 N–H and O–H groups in total. The van der Waals surface area contributed by atoms with Gasteiger partial charge in [0.1, 0.15) is 5.75 Å². The number of hydrogen-bond acceptors (Lipinski definition) is 11. The molecule has 0 heterocycles. The minimum Gasteiger partial charge on any atom is -0.505 e. The largest absolute Gasteiger partial charge is 0.505 e. The van der Waals surface area contributed by atoms with E-state index in [4.69, 9.17) is 5.73 Å². The second-order valence-electron chi connectivity index (χ2n) is 11.6. The highest BCUT2D eigenvalue weighted by atomic mass is 16.3. The molecule has 0 aromatic heterocycles. The lowest BCUT2D eigenvalue weighted by Gasteiger charge is -2.52. The van der Waals surface area contributed by atoms with E-state index in [0.717, 1.165) is 6.42 Å². The molecule has 1 aromatic carbocycles. The molecule has 41 heavy (non-hydrogen) atoms. The number of phenols is 1. The fraction of sp³-hybridized carbons (Fsp3) is 0.571. The molecule has 222 valence electrons. The number of rotatable bonds is 8. The van der Waals surface area contributed by atoms with Gasteiger partial charge in [-0.2, -0.15) is 0 Å². The van der Waals surface area contributed by atoms with Gasteiger partial charge in [0.15, 0.2) is 34.7 Å². The molecule has 1 aromatic rings. The quantitative estimate of drug-likeness (QED) is 0.144. The second kappa shape index (κ2) is 11.0. The molecule has 0 bridgehead atoms. The number of ketones is 4. The maximum atomic E-state index is 14.0. The number of carbonyl (C=O) groups excluding carboxylic acids is 6. The Kier molecular flexibility index (Phi) is 8.09. The maximum absolute atomic E-state index is 14.0. The Hall–Kier alpha value is -3.68. The third kappa shape index (κ3) is 4.71. The van der Waals surface area contributed by atoms with Crippen LogP contribution >= 0.6 is 0 Å². The van der Waals surface area contributed by atoms with E-state index in [2.05, 4.69) is 10.6 Å². The van der Waals surface area contributed by atoms with E-state index in [1.807, 2.05) is 6.92 Å². The van der Waals surface area contributed by atoms with Gasteiger partial charge in [0.2, 0.25) is 11.8 Å². The molecule has 0 radical (unpaired) electrons. The highest BCUT2D eigenvalue weighted by molar-refractivity contribution is 6.32. The van der Waals surface area contributed by atoms with Crippen molar-refractivity contribution in [3.8, 4) is 5.75 Å². The lowest BCUT2D eigenvalue weighted by molar-refractivity contribution is -0.181. The van der Waals surface area contributed by atoms with Gasteiger partial charge in [0.05, 0.1) is 29.8 Å². The van der Waals surface area contributed by atoms with Gasteiger partial charge < -0.3 is 31.5 Å². The van der Waals surface area contributed by atoms with Crippen molar-refractivity contribution in [2.24, 2.45) is 29.4 Å². The number of Topliss-reactive ketones (excluding diaryl/α,β-unsaturated/α-hetero) is 4. The first-order valence-electron chi connectivity index (χ1n) is 13.6. The van der Waals surface area contributed by atoms with Crippen LogP contribution in [0.2, 0.25) is 0 Å². The molecular weight excluding hydrogens is 534 g/mol. The number of phenolic OH excluding ortho intramolecular Hbond substituents is 1. The van der Waals surface area contributed by atoms with E-state index in [1.165, 1.54) is 19.0 Å². The SMILES string of the molecule is CCCNCC(=O)Nc1cc(N(C)C)c2c(c1O)C(=O)C1C(=O)[C@]3(O)C(=O)C(C(N)=O)C(=O)[C@@H](N(C)C)C3CC1C2. The van der Waals surface area contributed by atoms with E-state index >= 15 is 0 Å². The zero-order valence-corrected chi connectivity index (χ0v) is 23.8. The Bertz CT molecular complexity index is 1340. The molecule has 0 saturated heterocycles. The summed E-state index contributed by atoms with van der Waals surface area (Å²) in [5.41, 5.74) is 3.33. The average Bonchev–Trinajstić information content (AvgIpc) is 2.87. The number of fused-ring (bicyclic) bond motifs is 3. The molecule has 13 nitrogen and oxygen atoms in total. The van der Waals surface area contributed by atoms with Crippen LogP contribution in [-0.4, -0.2) is 103 Å². The fourth-order valence-corrected chi connectivity index (χ4v) is 6.72. The van der Waals surface area contributed by atoms with Crippen LogP contribution in [0, 0.1) is 23.7 Å². The maximum Gasteiger partial charge on any atom is 0.238 e. The number of nitrogens with zero attached hydrogens (tertiary/aromatic N) is 2. The zero-order valence-electron chi connectivity index (χ0n) is 23.8. The molecular formula is C28H37N5O8. The van der Waals surface area contributed by atoms with Crippen LogP contribution in [0.5, 0.6) is 5.75 Å². The van der Waals surface area contributed by atoms with Crippen molar-refractivity contribution in [2.75, 3.05) is 51.5 Å². The van der Waals surface area contributed by atoms with E-state index in [1.54, 1.807) is 25.1 Å². The van der Waals surface area contributed by atoms with Crippen LogP contribution in [0.3, 0.4) is 0 Å². The number of aromatic hydroxyl groups is 1. The number of nitrogens with one attached hydrogen (secondary N) is 2. The Balaban J connectivity index is 1.81. The van der Waals surface area contributed by atoms with E-state index in [0.29, 0.717) is 17.8 Å². The fourth-order valence-electron chi connectivity index (χ4n) is 6.72. The van der Waals surface area contributed by atoms with Gasteiger partial charge in [-0.1, -0.05) is 6.92 Å². The third-order valence-electron chi connectivity index (χ3n) is 8.51. The molecule has 4 unspecified atom stereocenters. The average molecular weight is 572 g/mol. The highest BCUT2D eigenvalue weighted by Crippen LogP contribution is 2.52. The summed E-state index contributed by atoms with van der Waals surface area (Å²) in [6.45, 7) is 2.53. The van der Waals surface area contributed by atoms with Gasteiger partial charge >= 0.3 is 0 Å². The van der Waals surface area contributed by atoms with Gasteiger partial charge in [0, 0.05) is 25.7 Å². The molecule has 4 rings (SSSR count). The number of likely N-dealkylation sites (N-methyl/N-ethyl adjacent to an activating group) is 1. The summed E-state index contributed by atoms with van der Waals surface area (Å²) in [4.78, 5) is 82.4. The third-order valence-corrected chi connectivity index (χ3v) is 8.51. The van der Waals surface area contributed by atoms with Crippen molar-refractivity contribution in [2.45, 2.75) is 37.8 Å². The smallest absolute Gasteiger partial charge is 0.238 e. The van der Waals surface area contributed by atoms with Crippen molar-refractivity contribution < 1.29 is 39.0 Å². The summed E-state index contributed by atoms with van der Waals surface area (Å²) in [6.07, 6.45) is 0.894. The number of amides is 2. The van der Waals surface area contributed by atoms with Crippen LogP contribution in [0.25, 0.3) is 0 Å². The summed E-state index contributed by atoms with van der Waals surface area (Å²) >= 11 is 0. The van der Waals surface area contributed by atoms with E-state index < -0.39 is 76.0 Å². The minimum absolute atomic E-state index is 0.0248. The monoisotopic (exact) mass is 571 g/mol. The minimum atomic E-state index is -2.80. The zero-order chi connectivity index (χ0) is 30.5. The van der Waals surface area contributed by atoms with Crippen molar-refractivity contribution in [3.63, 3.8) is 0 Å². The Morgan fingerprint density at radius 1 is 1.12 bits per heavy atom. The summed E-state index contributed by atoms with van der Waals surface area (Å²) < 4.78 is 0. The summed E-state index contributed by atoms with van der Waals surface area (Å²) in [7, 11) is 6.52.